The molecule has 5 rings (SSSR count). The average Bonchev–Trinajstić information content (AvgIpc) is 3.54. The Morgan fingerprint density at radius 2 is 2.06 bits per heavy atom. The van der Waals surface area contributed by atoms with E-state index in [9.17, 15) is 13.2 Å². The molecule has 0 spiro atoms. The summed E-state index contributed by atoms with van der Waals surface area (Å²) < 4.78 is 30.4. The molecule has 3 fully saturated rings. The van der Waals surface area contributed by atoms with Gasteiger partial charge in [-0.2, -0.15) is 0 Å². The quantitative estimate of drug-likeness (QED) is 0.371. The number of nitrogens with zero attached hydrogens (tertiary/aromatic N) is 3. The van der Waals surface area contributed by atoms with Crippen molar-refractivity contribution in [2.24, 2.45) is 5.16 Å². The maximum absolute atomic E-state index is 13.2. The van der Waals surface area contributed by atoms with Crippen LogP contribution < -0.4 is 10.6 Å². The lowest BCUT2D eigenvalue weighted by Crippen LogP contribution is -2.27. The Labute approximate surface area is 215 Å². The third kappa shape index (κ3) is 6.30. The van der Waals surface area contributed by atoms with E-state index in [2.05, 4.69) is 25.7 Å². The second-order valence-corrected chi connectivity index (χ2v) is 12.6. The lowest BCUT2D eigenvalue weighted by molar-refractivity contribution is -0.110. The number of rotatable bonds is 9. The minimum atomic E-state index is -3.32. The molecule has 1 saturated carbocycles. The number of sulfone groups is 1. The zero-order chi connectivity index (χ0) is 25.0. The predicted molar refractivity (Wildman–Crippen MR) is 137 cm³/mol. The van der Waals surface area contributed by atoms with Crippen LogP contribution in [0, 0.1) is 0 Å². The molecule has 1 amide bonds. The summed E-state index contributed by atoms with van der Waals surface area (Å²) in [4.78, 5) is 26.9. The Balaban J connectivity index is 1.30. The molecule has 2 saturated heterocycles. The van der Waals surface area contributed by atoms with Crippen molar-refractivity contribution in [3.8, 4) is 0 Å². The third-order valence-corrected chi connectivity index (χ3v) is 9.58. The number of hydrogen-bond acceptors (Lipinski definition) is 10. The van der Waals surface area contributed by atoms with Crippen LogP contribution in [0.25, 0.3) is 0 Å². The number of oxime groups is 1. The molecule has 1 aromatic heterocycles. The summed E-state index contributed by atoms with van der Waals surface area (Å²) in [6.45, 7) is 5.80. The summed E-state index contributed by atoms with van der Waals surface area (Å²) in [6, 6.07) is 6.26. The topological polar surface area (TPSA) is 122 Å². The van der Waals surface area contributed by atoms with E-state index >= 15 is 0 Å². The van der Waals surface area contributed by atoms with Crippen molar-refractivity contribution in [2.45, 2.75) is 48.5 Å². The number of anilines is 1. The smallest absolute Gasteiger partial charge is 0.280 e. The second-order valence-electron chi connectivity index (χ2n) is 9.27. The first-order valence-corrected chi connectivity index (χ1v) is 14.7. The maximum Gasteiger partial charge on any atom is 0.280 e. The van der Waals surface area contributed by atoms with Crippen LogP contribution in [-0.4, -0.2) is 80.7 Å². The van der Waals surface area contributed by atoms with E-state index in [-0.39, 0.29) is 22.0 Å². The Bertz CT molecular complexity index is 1180. The lowest BCUT2D eigenvalue weighted by atomic mass is 10.1. The van der Waals surface area contributed by atoms with Crippen LogP contribution in [0.15, 0.2) is 40.5 Å². The van der Waals surface area contributed by atoms with Crippen LogP contribution >= 0.6 is 11.3 Å². The van der Waals surface area contributed by atoms with Gasteiger partial charge in [-0.15, -0.1) is 11.3 Å². The number of carbonyl (C=O) groups excluding carboxylic acids is 1. The van der Waals surface area contributed by atoms with Gasteiger partial charge >= 0.3 is 0 Å². The van der Waals surface area contributed by atoms with Gasteiger partial charge in [0.25, 0.3) is 5.91 Å². The Hall–Kier alpha value is -2.38. The maximum atomic E-state index is 13.2. The van der Waals surface area contributed by atoms with Crippen LogP contribution in [0.2, 0.25) is 0 Å². The van der Waals surface area contributed by atoms with Crippen molar-refractivity contribution >= 4 is 37.9 Å². The van der Waals surface area contributed by atoms with Crippen molar-refractivity contribution in [1.29, 1.82) is 0 Å². The Kier molecular flexibility index (Phi) is 7.96. The molecule has 1 atom stereocenters. The second kappa shape index (κ2) is 11.3. The fraction of sp³-hybridized carbons (Fsp3) is 0.542. The van der Waals surface area contributed by atoms with Crippen LogP contribution in [-0.2, 0) is 30.8 Å². The van der Waals surface area contributed by atoms with Crippen molar-refractivity contribution < 1.29 is 22.8 Å². The molecule has 10 nitrogen and oxygen atoms in total. The van der Waals surface area contributed by atoms with E-state index < -0.39 is 15.7 Å². The van der Waals surface area contributed by atoms with Gasteiger partial charge < -0.3 is 14.9 Å². The molecule has 194 valence electrons. The first-order chi connectivity index (χ1) is 17.5. The van der Waals surface area contributed by atoms with Crippen molar-refractivity contribution in [2.75, 3.05) is 44.7 Å². The van der Waals surface area contributed by atoms with Crippen molar-refractivity contribution in [3.63, 3.8) is 0 Å². The van der Waals surface area contributed by atoms with Gasteiger partial charge in [0, 0.05) is 42.7 Å². The predicted octanol–water partition coefficient (Wildman–Crippen LogP) is 2.02. The molecule has 36 heavy (non-hydrogen) atoms. The number of carbonyl (C=O) groups is 1. The average molecular weight is 534 g/mol. The Morgan fingerprint density at radius 3 is 2.81 bits per heavy atom. The molecule has 0 radical (unpaired) electrons. The van der Waals surface area contributed by atoms with Gasteiger partial charge in [0.2, 0.25) is 0 Å². The molecule has 0 unspecified atom stereocenters. The standard InChI is InChI=1S/C24H31N5O5S2/c30-23(27-24-26-14-19(35-24)15-29-11-1-9-25-10-12-29)22(28-34-18-8-13-33-16-18)17-2-4-20(5-3-17)36(31,32)21-6-7-21/h2-5,14,18,21,25H,1,6-13,15-16H2,(H,26,27,30)/t18-/m1/s1. The van der Waals surface area contributed by atoms with Crippen LogP contribution in [0.1, 0.15) is 36.1 Å². The number of hydrogen-bond donors (Lipinski definition) is 2. The normalized spacial score (nSPS) is 21.8. The summed E-state index contributed by atoms with van der Waals surface area (Å²) in [7, 11) is -3.32. The van der Waals surface area contributed by atoms with Gasteiger partial charge in [0.1, 0.15) is 0 Å². The molecule has 2 aromatic rings. The molecule has 2 N–H and O–H groups in total. The molecular formula is C24H31N5O5S2. The summed E-state index contributed by atoms with van der Waals surface area (Å²) in [6.07, 6.45) is 4.76. The molecule has 3 aliphatic rings. The largest absolute Gasteiger partial charge is 0.389 e. The number of amides is 1. The van der Waals surface area contributed by atoms with Gasteiger partial charge in [-0.25, -0.2) is 13.4 Å². The first kappa shape index (κ1) is 25.3. The van der Waals surface area contributed by atoms with E-state index in [4.69, 9.17) is 9.57 Å². The molecule has 0 bridgehead atoms. The van der Waals surface area contributed by atoms with Crippen LogP contribution in [0.5, 0.6) is 0 Å². The van der Waals surface area contributed by atoms with Crippen LogP contribution in [0.3, 0.4) is 0 Å². The van der Waals surface area contributed by atoms with Gasteiger partial charge in [0.15, 0.2) is 26.8 Å². The minimum Gasteiger partial charge on any atom is -0.389 e. The lowest BCUT2D eigenvalue weighted by Gasteiger charge is -2.17. The van der Waals surface area contributed by atoms with Crippen molar-refractivity contribution in [3.05, 3.63) is 40.9 Å². The molecule has 2 aliphatic heterocycles. The third-order valence-electron chi connectivity index (χ3n) is 6.40. The van der Waals surface area contributed by atoms with Gasteiger partial charge in [-0.05, 0) is 44.5 Å². The summed E-state index contributed by atoms with van der Waals surface area (Å²) in [5.74, 6) is -0.466. The van der Waals surface area contributed by atoms with E-state index in [0.29, 0.717) is 43.2 Å². The fourth-order valence-corrected chi connectivity index (χ4v) is 6.70. The zero-order valence-corrected chi connectivity index (χ0v) is 21.7. The van der Waals surface area contributed by atoms with E-state index in [1.807, 2.05) is 0 Å². The number of thiazole rings is 1. The highest BCUT2D eigenvalue weighted by Crippen LogP contribution is 2.33. The molecule has 12 heteroatoms. The summed E-state index contributed by atoms with van der Waals surface area (Å²) in [5, 5.41) is 10.6. The number of ether oxygens (including phenoxy) is 1. The van der Waals surface area contributed by atoms with Crippen LogP contribution in [0.4, 0.5) is 5.13 Å². The number of nitrogens with one attached hydrogen (secondary N) is 2. The minimum absolute atomic E-state index is 0.0626. The summed E-state index contributed by atoms with van der Waals surface area (Å²) >= 11 is 1.43. The first-order valence-electron chi connectivity index (χ1n) is 12.3. The monoisotopic (exact) mass is 533 g/mol. The fourth-order valence-electron chi connectivity index (χ4n) is 4.20. The molecule has 1 aromatic carbocycles. The number of aromatic nitrogens is 1. The summed E-state index contributed by atoms with van der Waals surface area (Å²) in [5.41, 5.74) is 0.530. The molecule has 3 heterocycles. The highest BCUT2D eigenvalue weighted by atomic mass is 32.2. The van der Waals surface area contributed by atoms with Gasteiger partial charge in [-0.1, -0.05) is 17.3 Å². The molecular weight excluding hydrogens is 502 g/mol. The zero-order valence-electron chi connectivity index (χ0n) is 20.0. The van der Waals surface area contributed by atoms with Gasteiger partial charge in [0.05, 0.1) is 23.4 Å². The Morgan fingerprint density at radius 1 is 1.22 bits per heavy atom. The van der Waals surface area contributed by atoms with Gasteiger partial charge in [-0.3, -0.25) is 15.0 Å². The van der Waals surface area contributed by atoms with E-state index in [1.165, 1.54) is 23.5 Å². The van der Waals surface area contributed by atoms with E-state index in [0.717, 1.165) is 44.0 Å². The molecule has 1 aliphatic carbocycles. The SMILES string of the molecule is O=C(Nc1ncc(CN2CCCNCC2)s1)C(=NO[C@@H]1CCOC1)c1ccc(S(=O)(=O)C2CC2)cc1. The highest BCUT2D eigenvalue weighted by Gasteiger charge is 2.36. The van der Waals surface area contributed by atoms with E-state index in [1.54, 1.807) is 18.3 Å². The highest BCUT2D eigenvalue weighted by molar-refractivity contribution is 7.92. The number of benzene rings is 1. The van der Waals surface area contributed by atoms with Crippen molar-refractivity contribution in [1.82, 2.24) is 15.2 Å².